The SMILES string of the molecule is CC(=O)NC[C@H]1CN(c2ccc(Oc3ccccc3)cc2)C(=O)O1. The molecule has 2 amide bonds. The van der Waals surface area contributed by atoms with Gasteiger partial charge in [0.25, 0.3) is 0 Å². The lowest BCUT2D eigenvalue weighted by atomic mass is 10.2. The number of carbonyl (C=O) groups is 2. The molecule has 1 N–H and O–H groups in total. The van der Waals surface area contributed by atoms with Crippen LogP contribution in [0.4, 0.5) is 10.5 Å². The zero-order chi connectivity index (χ0) is 16.9. The van der Waals surface area contributed by atoms with Gasteiger partial charge in [-0.15, -0.1) is 0 Å². The lowest BCUT2D eigenvalue weighted by molar-refractivity contribution is -0.119. The van der Waals surface area contributed by atoms with Crippen LogP contribution in [-0.4, -0.2) is 31.2 Å². The molecule has 0 bridgehead atoms. The quantitative estimate of drug-likeness (QED) is 0.917. The first-order valence-electron chi connectivity index (χ1n) is 7.67. The van der Waals surface area contributed by atoms with Crippen LogP contribution < -0.4 is 15.0 Å². The summed E-state index contributed by atoms with van der Waals surface area (Å²) in [7, 11) is 0. The third kappa shape index (κ3) is 3.84. The van der Waals surface area contributed by atoms with Gasteiger partial charge in [-0.3, -0.25) is 9.69 Å². The summed E-state index contributed by atoms with van der Waals surface area (Å²) >= 11 is 0. The highest BCUT2D eigenvalue weighted by molar-refractivity contribution is 5.89. The summed E-state index contributed by atoms with van der Waals surface area (Å²) < 4.78 is 11.0. The van der Waals surface area contributed by atoms with Gasteiger partial charge in [0.15, 0.2) is 0 Å². The summed E-state index contributed by atoms with van der Waals surface area (Å²) in [6.07, 6.45) is -0.760. The molecule has 24 heavy (non-hydrogen) atoms. The van der Waals surface area contributed by atoms with E-state index in [9.17, 15) is 9.59 Å². The molecule has 2 aromatic rings. The molecule has 3 rings (SSSR count). The Bertz CT molecular complexity index is 716. The van der Waals surface area contributed by atoms with Gasteiger partial charge in [-0.05, 0) is 36.4 Å². The zero-order valence-electron chi connectivity index (χ0n) is 13.3. The second-order valence-corrected chi connectivity index (χ2v) is 5.46. The maximum atomic E-state index is 12.0. The number of nitrogens with zero attached hydrogens (tertiary/aromatic N) is 1. The number of nitrogens with one attached hydrogen (secondary N) is 1. The van der Waals surface area contributed by atoms with Crippen molar-refractivity contribution in [1.82, 2.24) is 5.32 Å². The minimum absolute atomic E-state index is 0.146. The summed E-state index contributed by atoms with van der Waals surface area (Å²) in [5.74, 6) is 1.29. The fourth-order valence-corrected chi connectivity index (χ4v) is 2.41. The van der Waals surface area contributed by atoms with Crippen LogP contribution in [0.3, 0.4) is 0 Å². The fraction of sp³-hybridized carbons (Fsp3) is 0.222. The summed E-state index contributed by atoms with van der Waals surface area (Å²) in [6, 6.07) is 16.7. The Morgan fingerprint density at radius 1 is 1.17 bits per heavy atom. The summed E-state index contributed by atoms with van der Waals surface area (Å²) in [5.41, 5.74) is 0.728. The molecule has 0 aromatic heterocycles. The summed E-state index contributed by atoms with van der Waals surface area (Å²) in [5, 5.41) is 2.65. The molecule has 0 spiro atoms. The molecular formula is C18H18N2O4. The maximum Gasteiger partial charge on any atom is 0.414 e. The van der Waals surface area contributed by atoms with Crippen molar-refractivity contribution in [3.8, 4) is 11.5 Å². The Morgan fingerprint density at radius 3 is 2.50 bits per heavy atom. The molecule has 1 atom stereocenters. The topological polar surface area (TPSA) is 67.9 Å². The molecule has 1 fully saturated rings. The molecule has 1 saturated heterocycles. The first-order chi connectivity index (χ1) is 11.6. The van der Waals surface area contributed by atoms with Crippen molar-refractivity contribution < 1.29 is 19.1 Å². The average molecular weight is 326 g/mol. The van der Waals surface area contributed by atoms with Gasteiger partial charge in [-0.25, -0.2) is 4.79 Å². The Kier molecular flexibility index (Phi) is 4.65. The summed E-state index contributed by atoms with van der Waals surface area (Å²) in [6.45, 7) is 2.14. The van der Waals surface area contributed by atoms with Gasteiger partial charge in [0.1, 0.15) is 17.6 Å². The first-order valence-corrected chi connectivity index (χ1v) is 7.67. The minimum atomic E-state index is -0.415. The van der Waals surface area contributed by atoms with E-state index >= 15 is 0 Å². The lowest BCUT2D eigenvalue weighted by Gasteiger charge is -2.14. The Hall–Kier alpha value is -3.02. The van der Waals surface area contributed by atoms with Crippen molar-refractivity contribution in [2.75, 3.05) is 18.0 Å². The van der Waals surface area contributed by atoms with E-state index in [0.29, 0.717) is 18.8 Å². The highest BCUT2D eigenvalue weighted by Crippen LogP contribution is 2.26. The predicted octanol–water partition coefficient (Wildman–Crippen LogP) is 2.94. The molecule has 1 aliphatic heterocycles. The van der Waals surface area contributed by atoms with E-state index in [0.717, 1.165) is 11.4 Å². The number of benzene rings is 2. The molecule has 2 aromatic carbocycles. The second-order valence-electron chi connectivity index (χ2n) is 5.46. The number of para-hydroxylation sites is 1. The van der Waals surface area contributed by atoms with Gasteiger partial charge in [0.05, 0.1) is 13.1 Å². The number of anilines is 1. The number of rotatable bonds is 5. The lowest BCUT2D eigenvalue weighted by Crippen LogP contribution is -2.33. The van der Waals surface area contributed by atoms with Crippen molar-refractivity contribution in [3.05, 3.63) is 54.6 Å². The molecule has 0 unspecified atom stereocenters. The Labute approximate surface area is 140 Å². The highest BCUT2D eigenvalue weighted by Gasteiger charge is 2.32. The van der Waals surface area contributed by atoms with Crippen molar-refractivity contribution in [1.29, 1.82) is 0 Å². The summed E-state index contributed by atoms with van der Waals surface area (Å²) in [4.78, 5) is 24.4. The van der Waals surface area contributed by atoms with Crippen molar-refractivity contribution in [2.45, 2.75) is 13.0 Å². The van der Waals surface area contributed by atoms with Crippen molar-refractivity contribution in [3.63, 3.8) is 0 Å². The second kappa shape index (κ2) is 7.04. The van der Waals surface area contributed by atoms with Crippen LogP contribution in [0.1, 0.15) is 6.92 Å². The van der Waals surface area contributed by atoms with E-state index in [2.05, 4.69) is 5.32 Å². The largest absolute Gasteiger partial charge is 0.457 e. The smallest absolute Gasteiger partial charge is 0.414 e. The molecule has 6 nitrogen and oxygen atoms in total. The van der Waals surface area contributed by atoms with Crippen LogP contribution in [-0.2, 0) is 9.53 Å². The molecule has 6 heteroatoms. The van der Waals surface area contributed by atoms with Gasteiger partial charge in [0.2, 0.25) is 5.91 Å². The fourth-order valence-electron chi connectivity index (χ4n) is 2.41. The third-order valence-corrected chi connectivity index (χ3v) is 3.58. The third-order valence-electron chi connectivity index (χ3n) is 3.58. The van der Waals surface area contributed by atoms with Crippen LogP contribution in [0, 0.1) is 0 Å². The van der Waals surface area contributed by atoms with Crippen LogP contribution in [0.15, 0.2) is 54.6 Å². The van der Waals surface area contributed by atoms with E-state index in [4.69, 9.17) is 9.47 Å². The molecular weight excluding hydrogens is 308 g/mol. The Balaban J connectivity index is 1.63. The van der Waals surface area contributed by atoms with E-state index < -0.39 is 6.09 Å². The van der Waals surface area contributed by atoms with Gasteiger partial charge in [-0.2, -0.15) is 0 Å². The number of amides is 2. The van der Waals surface area contributed by atoms with Crippen molar-refractivity contribution in [2.24, 2.45) is 0 Å². The van der Waals surface area contributed by atoms with Gasteiger partial charge in [-0.1, -0.05) is 18.2 Å². The van der Waals surface area contributed by atoms with Crippen LogP contribution in [0.5, 0.6) is 11.5 Å². The number of hydrogen-bond acceptors (Lipinski definition) is 4. The minimum Gasteiger partial charge on any atom is -0.457 e. The molecule has 1 aliphatic rings. The van der Waals surface area contributed by atoms with Crippen LogP contribution in [0.2, 0.25) is 0 Å². The average Bonchev–Trinajstić information content (AvgIpc) is 2.96. The first kappa shape index (κ1) is 15.9. The van der Waals surface area contributed by atoms with E-state index in [-0.39, 0.29) is 12.0 Å². The van der Waals surface area contributed by atoms with E-state index in [1.807, 2.05) is 30.3 Å². The predicted molar refractivity (Wildman–Crippen MR) is 89.3 cm³/mol. The maximum absolute atomic E-state index is 12.0. The standard InChI is InChI=1S/C18H18N2O4/c1-13(21)19-11-17-12-20(18(22)24-17)14-7-9-16(10-8-14)23-15-5-3-2-4-6-15/h2-10,17H,11-12H2,1H3,(H,19,21)/t17-/m0/s1. The van der Waals surface area contributed by atoms with Crippen LogP contribution in [0.25, 0.3) is 0 Å². The number of ether oxygens (including phenoxy) is 2. The zero-order valence-corrected chi connectivity index (χ0v) is 13.3. The molecule has 1 heterocycles. The van der Waals surface area contributed by atoms with Gasteiger partial charge < -0.3 is 14.8 Å². The number of hydrogen-bond donors (Lipinski definition) is 1. The molecule has 0 saturated carbocycles. The van der Waals surface area contributed by atoms with Crippen LogP contribution >= 0.6 is 0 Å². The van der Waals surface area contributed by atoms with E-state index in [1.165, 1.54) is 6.92 Å². The van der Waals surface area contributed by atoms with Gasteiger partial charge in [0, 0.05) is 12.6 Å². The molecule has 0 radical (unpaired) electrons. The number of carbonyl (C=O) groups excluding carboxylic acids is 2. The van der Waals surface area contributed by atoms with E-state index in [1.54, 1.807) is 29.2 Å². The molecule has 124 valence electrons. The number of cyclic esters (lactones) is 1. The molecule has 0 aliphatic carbocycles. The normalized spacial score (nSPS) is 16.6. The van der Waals surface area contributed by atoms with Crippen molar-refractivity contribution >= 4 is 17.7 Å². The monoisotopic (exact) mass is 326 g/mol. The van der Waals surface area contributed by atoms with Gasteiger partial charge >= 0.3 is 6.09 Å². The highest BCUT2D eigenvalue weighted by atomic mass is 16.6. The Morgan fingerprint density at radius 2 is 1.83 bits per heavy atom.